The number of nitrogens with zero attached hydrogens (tertiary/aromatic N) is 2. The molecule has 0 spiro atoms. The zero-order chi connectivity index (χ0) is 13.5. The Morgan fingerprint density at radius 2 is 2.06 bits per heavy atom. The summed E-state index contributed by atoms with van der Waals surface area (Å²) >= 11 is 4.23. The number of carbonyl (C=O) groups excluding carboxylic acids is 1. The lowest BCUT2D eigenvalue weighted by Crippen LogP contribution is -2.27. The highest BCUT2D eigenvalue weighted by molar-refractivity contribution is 7.80. The molecule has 1 aromatic carbocycles. The van der Waals surface area contributed by atoms with Gasteiger partial charge in [-0.05, 0) is 45.4 Å². The van der Waals surface area contributed by atoms with E-state index in [0.717, 1.165) is 11.1 Å². The highest BCUT2D eigenvalue weighted by atomic mass is 32.1. The van der Waals surface area contributed by atoms with Gasteiger partial charge in [0, 0.05) is 0 Å². The van der Waals surface area contributed by atoms with Crippen molar-refractivity contribution >= 4 is 29.8 Å². The summed E-state index contributed by atoms with van der Waals surface area (Å²) in [5.41, 5.74) is 1.99. The molecule has 18 heavy (non-hydrogen) atoms. The van der Waals surface area contributed by atoms with Gasteiger partial charge in [-0.25, -0.2) is 14.3 Å². The first-order chi connectivity index (χ1) is 8.28. The minimum Gasteiger partial charge on any atom is -0.443 e. The SMILES string of the molecule is Cc1ccc2c(c1)nc(S)n2C(=O)OC(C)(C)C. The summed E-state index contributed by atoms with van der Waals surface area (Å²) in [5.74, 6) is 0. The van der Waals surface area contributed by atoms with E-state index >= 15 is 0 Å². The molecular formula is C13H16N2O2S. The third-order valence-electron chi connectivity index (χ3n) is 2.37. The molecular weight excluding hydrogens is 248 g/mol. The smallest absolute Gasteiger partial charge is 0.421 e. The number of ether oxygens (including phenoxy) is 1. The summed E-state index contributed by atoms with van der Waals surface area (Å²) in [4.78, 5) is 16.3. The molecule has 0 aliphatic rings. The fraction of sp³-hybridized carbons (Fsp3) is 0.385. The maximum atomic E-state index is 12.1. The Morgan fingerprint density at radius 1 is 1.39 bits per heavy atom. The highest BCUT2D eigenvalue weighted by Crippen LogP contribution is 2.21. The molecule has 0 amide bonds. The Balaban J connectivity index is 2.51. The number of aromatic nitrogens is 2. The van der Waals surface area contributed by atoms with Gasteiger partial charge in [-0.15, -0.1) is 12.6 Å². The van der Waals surface area contributed by atoms with Crippen molar-refractivity contribution < 1.29 is 9.53 Å². The van der Waals surface area contributed by atoms with E-state index in [9.17, 15) is 4.79 Å². The monoisotopic (exact) mass is 264 g/mol. The number of thiol groups is 1. The summed E-state index contributed by atoms with van der Waals surface area (Å²) in [6, 6.07) is 5.69. The fourth-order valence-corrected chi connectivity index (χ4v) is 1.96. The van der Waals surface area contributed by atoms with E-state index in [1.165, 1.54) is 4.57 Å². The van der Waals surface area contributed by atoms with Crippen LogP contribution in [0.4, 0.5) is 4.79 Å². The summed E-state index contributed by atoms with van der Waals surface area (Å²) in [6.07, 6.45) is -0.459. The van der Waals surface area contributed by atoms with Gasteiger partial charge in [0.05, 0.1) is 11.0 Å². The lowest BCUT2D eigenvalue weighted by molar-refractivity contribution is 0.0530. The van der Waals surface area contributed by atoms with Crippen molar-refractivity contribution in [1.82, 2.24) is 9.55 Å². The molecule has 2 aromatic rings. The van der Waals surface area contributed by atoms with Crippen molar-refractivity contribution in [3.8, 4) is 0 Å². The van der Waals surface area contributed by atoms with Crippen LogP contribution in [0.25, 0.3) is 11.0 Å². The summed E-state index contributed by atoms with van der Waals surface area (Å²) in [7, 11) is 0. The van der Waals surface area contributed by atoms with E-state index in [-0.39, 0.29) is 0 Å². The van der Waals surface area contributed by atoms with Crippen LogP contribution in [0.5, 0.6) is 0 Å². The first-order valence-electron chi connectivity index (χ1n) is 5.69. The Kier molecular flexibility index (Phi) is 3.11. The van der Waals surface area contributed by atoms with Crippen LogP contribution in [0.3, 0.4) is 0 Å². The largest absolute Gasteiger partial charge is 0.443 e. The minimum absolute atomic E-state index is 0.338. The topological polar surface area (TPSA) is 44.1 Å². The molecule has 0 bridgehead atoms. The number of fused-ring (bicyclic) bond motifs is 1. The van der Waals surface area contributed by atoms with Crippen LogP contribution in [0.15, 0.2) is 23.4 Å². The van der Waals surface area contributed by atoms with Crippen molar-refractivity contribution in [3.63, 3.8) is 0 Å². The van der Waals surface area contributed by atoms with E-state index < -0.39 is 11.7 Å². The predicted octanol–water partition coefficient (Wildman–Crippen LogP) is 3.42. The van der Waals surface area contributed by atoms with Crippen LogP contribution in [0, 0.1) is 6.92 Å². The molecule has 96 valence electrons. The molecule has 5 heteroatoms. The first-order valence-corrected chi connectivity index (χ1v) is 6.14. The van der Waals surface area contributed by atoms with Gasteiger partial charge in [-0.3, -0.25) is 0 Å². The average molecular weight is 264 g/mol. The number of rotatable bonds is 0. The van der Waals surface area contributed by atoms with Crippen LogP contribution in [-0.4, -0.2) is 21.2 Å². The standard InChI is InChI=1S/C13H16N2O2S/c1-8-5-6-10-9(7-8)14-11(18)15(10)12(16)17-13(2,3)4/h5-7H,1-4H3,(H,14,18). The molecule has 0 unspecified atom stereocenters. The first kappa shape index (κ1) is 13.0. The molecule has 1 heterocycles. The Hall–Kier alpha value is -1.49. The molecule has 0 saturated carbocycles. The maximum absolute atomic E-state index is 12.1. The van der Waals surface area contributed by atoms with Gasteiger partial charge >= 0.3 is 6.09 Å². The Bertz CT molecular complexity index is 611. The van der Waals surface area contributed by atoms with E-state index in [1.807, 2.05) is 45.9 Å². The number of imidazole rings is 1. The van der Waals surface area contributed by atoms with Gasteiger partial charge in [0.15, 0.2) is 5.16 Å². The Morgan fingerprint density at radius 3 is 2.67 bits per heavy atom. The average Bonchev–Trinajstić information content (AvgIpc) is 2.50. The third-order valence-corrected chi connectivity index (χ3v) is 2.67. The minimum atomic E-state index is -0.543. The van der Waals surface area contributed by atoms with Crippen LogP contribution >= 0.6 is 12.6 Å². The quantitative estimate of drug-likeness (QED) is 0.741. The van der Waals surface area contributed by atoms with Gasteiger partial charge in [-0.2, -0.15) is 0 Å². The number of hydrogen-bond acceptors (Lipinski definition) is 4. The predicted molar refractivity (Wildman–Crippen MR) is 73.4 cm³/mol. The molecule has 0 radical (unpaired) electrons. The van der Waals surface area contributed by atoms with Gasteiger partial charge in [-0.1, -0.05) is 6.07 Å². The summed E-state index contributed by atoms with van der Waals surface area (Å²) in [5, 5.41) is 0.338. The normalized spacial score (nSPS) is 11.8. The Labute approximate surface area is 111 Å². The second kappa shape index (κ2) is 4.31. The van der Waals surface area contributed by atoms with Gasteiger partial charge in [0.25, 0.3) is 0 Å². The molecule has 0 saturated heterocycles. The molecule has 0 atom stereocenters. The molecule has 0 N–H and O–H groups in total. The summed E-state index contributed by atoms with van der Waals surface area (Å²) < 4.78 is 6.71. The maximum Gasteiger partial charge on any atom is 0.421 e. The summed E-state index contributed by atoms with van der Waals surface area (Å²) in [6.45, 7) is 7.45. The third kappa shape index (κ3) is 2.51. The molecule has 1 aromatic heterocycles. The van der Waals surface area contributed by atoms with Crippen LogP contribution in [-0.2, 0) is 4.74 Å². The molecule has 4 nitrogen and oxygen atoms in total. The van der Waals surface area contributed by atoms with E-state index in [0.29, 0.717) is 10.7 Å². The second-order valence-corrected chi connectivity index (χ2v) is 5.62. The zero-order valence-corrected chi connectivity index (χ0v) is 11.8. The van der Waals surface area contributed by atoms with Crippen LogP contribution in [0.1, 0.15) is 26.3 Å². The van der Waals surface area contributed by atoms with E-state index in [4.69, 9.17) is 4.74 Å². The van der Waals surface area contributed by atoms with Gasteiger partial charge < -0.3 is 4.74 Å². The van der Waals surface area contributed by atoms with Crippen molar-refractivity contribution in [2.24, 2.45) is 0 Å². The van der Waals surface area contributed by atoms with Crippen LogP contribution in [0.2, 0.25) is 0 Å². The number of carbonyl (C=O) groups is 1. The lowest BCUT2D eigenvalue weighted by Gasteiger charge is -2.19. The number of hydrogen-bond donors (Lipinski definition) is 1. The molecule has 0 fully saturated rings. The van der Waals surface area contributed by atoms with Crippen molar-refractivity contribution in [3.05, 3.63) is 23.8 Å². The van der Waals surface area contributed by atoms with Crippen LogP contribution < -0.4 is 0 Å². The molecule has 2 rings (SSSR count). The molecule has 0 aliphatic carbocycles. The highest BCUT2D eigenvalue weighted by Gasteiger charge is 2.21. The van der Waals surface area contributed by atoms with Crippen molar-refractivity contribution in [1.29, 1.82) is 0 Å². The lowest BCUT2D eigenvalue weighted by atomic mass is 10.2. The van der Waals surface area contributed by atoms with Gasteiger partial charge in [0.2, 0.25) is 0 Å². The van der Waals surface area contributed by atoms with E-state index in [1.54, 1.807) is 0 Å². The number of benzene rings is 1. The number of aryl methyl sites for hydroxylation is 1. The van der Waals surface area contributed by atoms with Gasteiger partial charge in [0.1, 0.15) is 5.60 Å². The fourth-order valence-electron chi connectivity index (χ4n) is 1.67. The van der Waals surface area contributed by atoms with Crippen molar-refractivity contribution in [2.45, 2.75) is 38.5 Å². The van der Waals surface area contributed by atoms with Crippen molar-refractivity contribution in [2.75, 3.05) is 0 Å². The zero-order valence-electron chi connectivity index (χ0n) is 10.9. The molecule has 0 aliphatic heterocycles. The second-order valence-electron chi connectivity index (χ2n) is 5.22. The van der Waals surface area contributed by atoms with E-state index in [2.05, 4.69) is 17.6 Å².